The number of hydrogen-bond acceptors (Lipinski definition) is 3. The van der Waals surface area contributed by atoms with Gasteiger partial charge in [-0.3, -0.25) is 0 Å². The van der Waals surface area contributed by atoms with Crippen LogP contribution in [0.15, 0.2) is 65.7 Å². The molecule has 0 bridgehead atoms. The highest BCUT2D eigenvalue weighted by atomic mass is 32.2. The first-order valence-electron chi connectivity index (χ1n) is 7.45. The monoisotopic (exact) mass is 360 g/mol. The second-order valence-corrected chi connectivity index (χ2v) is 7.85. The van der Waals surface area contributed by atoms with Crippen molar-refractivity contribution >= 4 is 33.2 Å². The molecule has 126 valence electrons. The highest BCUT2D eigenvalue weighted by Crippen LogP contribution is 2.16. The summed E-state index contributed by atoms with van der Waals surface area (Å²) >= 11 is 5.26. The van der Waals surface area contributed by atoms with E-state index in [1.165, 1.54) is 6.26 Å². The molecule has 0 aliphatic heterocycles. The minimum Gasteiger partial charge on any atom is -0.356 e. The summed E-state index contributed by atoms with van der Waals surface area (Å²) in [7, 11) is -3.17. The molecule has 0 aromatic heterocycles. The maximum atomic E-state index is 11.5. The van der Waals surface area contributed by atoms with Crippen molar-refractivity contribution in [3.63, 3.8) is 0 Å². The normalized spacial score (nSPS) is 12.8. The van der Waals surface area contributed by atoms with Crippen LogP contribution in [0.4, 0.5) is 0 Å². The van der Waals surface area contributed by atoms with E-state index in [2.05, 4.69) is 10.6 Å². The standard InChI is InChI=1S/C18H20N2O2S2/c1-14(16-8-10-17(11-9-16)24(2,21)22)20-18(23)19-13-12-15-6-4-3-5-7-15/h3-14H,1-2H3,(H2,19,20,23). The summed E-state index contributed by atoms with van der Waals surface area (Å²) in [6, 6.07) is 16.7. The van der Waals surface area contributed by atoms with Crippen LogP contribution in [0, 0.1) is 0 Å². The lowest BCUT2D eigenvalue weighted by Crippen LogP contribution is -2.33. The van der Waals surface area contributed by atoms with Crippen molar-refractivity contribution in [1.82, 2.24) is 10.6 Å². The first-order chi connectivity index (χ1) is 11.4. The highest BCUT2D eigenvalue weighted by Gasteiger charge is 2.10. The van der Waals surface area contributed by atoms with Crippen LogP contribution >= 0.6 is 12.2 Å². The molecule has 0 fully saturated rings. The van der Waals surface area contributed by atoms with Crippen molar-refractivity contribution in [3.8, 4) is 0 Å². The predicted octanol–water partition coefficient (Wildman–Crippen LogP) is 3.29. The molecule has 0 radical (unpaired) electrons. The minimum atomic E-state index is -3.17. The van der Waals surface area contributed by atoms with Gasteiger partial charge in [0.05, 0.1) is 10.9 Å². The zero-order valence-corrected chi connectivity index (χ0v) is 15.2. The van der Waals surface area contributed by atoms with Gasteiger partial charge in [0.2, 0.25) is 0 Å². The lowest BCUT2D eigenvalue weighted by atomic mass is 10.1. The van der Waals surface area contributed by atoms with E-state index in [-0.39, 0.29) is 6.04 Å². The molecule has 0 heterocycles. The summed E-state index contributed by atoms with van der Waals surface area (Å²) in [4.78, 5) is 0.310. The molecule has 2 N–H and O–H groups in total. The molecule has 6 heteroatoms. The fourth-order valence-corrected chi connectivity index (χ4v) is 2.98. The molecule has 0 saturated carbocycles. The smallest absolute Gasteiger partial charge is 0.175 e. The lowest BCUT2D eigenvalue weighted by molar-refractivity contribution is 0.601. The third-order valence-corrected chi connectivity index (χ3v) is 4.81. The molecule has 2 aromatic carbocycles. The number of benzene rings is 2. The lowest BCUT2D eigenvalue weighted by Gasteiger charge is -2.16. The fraction of sp³-hybridized carbons (Fsp3) is 0.167. The third kappa shape index (κ3) is 5.47. The van der Waals surface area contributed by atoms with Crippen molar-refractivity contribution in [2.75, 3.05) is 6.26 Å². The number of thiocarbonyl (C=S) groups is 1. The SMILES string of the molecule is CC(NC(=S)NC=Cc1ccccc1)c1ccc(S(C)(=O)=O)cc1. The molecule has 2 aromatic rings. The van der Waals surface area contributed by atoms with E-state index in [1.54, 1.807) is 30.5 Å². The van der Waals surface area contributed by atoms with Gasteiger partial charge in [0.15, 0.2) is 14.9 Å². The molecule has 24 heavy (non-hydrogen) atoms. The van der Waals surface area contributed by atoms with Crippen molar-refractivity contribution in [3.05, 3.63) is 71.9 Å². The fourth-order valence-electron chi connectivity index (χ4n) is 2.10. The van der Waals surface area contributed by atoms with Crippen LogP contribution in [-0.2, 0) is 9.84 Å². The van der Waals surface area contributed by atoms with Crippen LogP contribution in [0.5, 0.6) is 0 Å². The van der Waals surface area contributed by atoms with Gasteiger partial charge in [0.25, 0.3) is 0 Å². The maximum absolute atomic E-state index is 11.5. The molecule has 0 saturated heterocycles. The molecule has 0 spiro atoms. The van der Waals surface area contributed by atoms with E-state index in [9.17, 15) is 8.42 Å². The van der Waals surface area contributed by atoms with Gasteiger partial charge in [-0.1, -0.05) is 42.5 Å². The van der Waals surface area contributed by atoms with Crippen LogP contribution in [0.25, 0.3) is 6.08 Å². The molecule has 1 atom stereocenters. The Morgan fingerprint density at radius 1 is 1.08 bits per heavy atom. The third-order valence-electron chi connectivity index (χ3n) is 3.45. The van der Waals surface area contributed by atoms with E-state index in [0.717, 1.165) is 11.1 Å². The number of nitrogens with one attached hydrogen (secondary N) is 2. The molecule has 2 rings (SSSR count). The van der Waals surface area contributed by atoms with Gasteiger partial charge in [0.1, 0.15) is 0 Å². The topological polar surface area (TPSA) is 58.2 Å². The highest BCUT2D eigenvalue weighted by molar-refractivity contribution is 7.90. The van der Waals surface area contributed by atoms with Crippen LogP contribution in [0.2, 0.25) is 0 Å². The average Bonchev–Trinajstić information content (AvgIpc) is 2.55. The van der Waals surface area contributed by atoms with Gasteiger partial charge >= 0.3 is 0 Å². The van der Waals surface area contributed by atoms with E-state index in [1.807, 2.05) is 43.3 Å². The Hall–Kier alpha value is -2.18. The van der Waals surface area contributed by atoms with Crippen LogP contribution in [-0.4, -0.2) is 19.8 Å². The Bertz CT molecular complexity index is 814. The second-order valence-electron chi connectivity index (χ2n) is 5.42. The summed E-state index contributed by atoms with van der Waals surface area (Å²) < 4.78 is 22.9. The van der Waals surface area contributed by atoms with Gasteiger partial charge in [-0.05, 0) is 48.5 Å². The van der Waals surface area contributed by atoms with Crippen LogP contribution in [0.1, 0.15) is 24.1 Å². The van der Waals surface area contributed by atoms with E-state index < -0.39 is 9.84 Å². The zero-order chi connectivity index (χ0) is 17.6. The minimum absolute atomic E-state index is 0.0382. The molecule has 0 aliphatic rings. The van der Waals surface area contributed by atoms with Crippen molar-refractivity contribution < 1.29 is 8.42 Å². The molecular formula is C18H20N2O2S2. The van der Waals surface area contributed by atoms with E-state index in [0.29, 0.717) is 10.0 Å². The van der Waals surface area contributed by atoms with Gasteiger partial charge in [-0.25, -0.2) is 8.42 Å². The Balaban J connectivity index is 1.90. The largest absolute Gasteiger partial charge is 0.356 e. The van der Waals surface area contributed by atoms with Gasteiger partial charge < -0.3 is 10.6 Å². The van der Waals surface area contributed by atoms with Gasteiger partial charge in [-0.2, -0.15) is 0 Å². The number of hydrogen-bond donors (Lipinski definition) is 2. The quantitative estimate of drug-likeness (QED) is 0.802. The Kier molecular flexibility index (Phi) is 6.11. The number of rotatable bonds is 5. The first-order valence-corrected chi connectivity index (χ1v) is 9.75. The number of sulfone groups is 1. The Morgan fingerprint density at radius 3 is 2.29 bits per heavy atom. The molecule has 1 unspecified atom stereocenters. The Labute approximate surface area is 148 Å². The Morgan fingerprint density at radius 2 is 1.71 bits per heavy atom. The maximum Gasteiger partial charge on any atom is 0.175 e. The average molecular weight is 361 g/mol. The molecular weight excluding hydrogens is 340 g/mol. The van der Waals surface area contributed by atoms with Crippen LogP contribution < -0.4 is 10.6 Å². The van der Waals surface area contributed by atoms with Crippen molar-refractivity contribution in [2.45, 2.75) is 17.9 Å². The summed E-state index contributed by atoms with van der Waals surface area (Å²) in [6.07, 6.45) is 4.91. The van der Waals surface area contributed by atoms with E-state index in [4.69, 9.17) is 12.2 Å². The first kappa shape index (κ1) is 18.2. The second kappa shape index (κ2) is 8.08. The molecule has 4 nitrogen and oxygen atoms in total. The van der Waals surface area contributed by atoms with Crippen LogP contribution in [0.3, 0.4) is 0 Å². The molecule has 0 aliphatic carbocycles. The summed E-state index contributed by atoms with van der Waals surface area (Å²) in [6.45, 7) is 1.96. The van der Waals surface area contributed by atoms with Gasteiger partial charge in [-0.15, -0.1) is 0 Å². The summed E-state index contributed by atoms with van der Waals surface area (Å²) in [5, 5.41) is 6.67. The van der Waals surface area contributed by atoms with E-state index >= 15 is 0 Å². The summed E-state index contributed by atoms with van der Waals surface area (Å²) in [5.41, 5.74) is 2.04. The zero-order valence-electron chi connectivity index (χ0n) is 13.6. The predicted molar refractivity (Wildman–Crippen MR) is 102 cm³/mol. The van der Waals surface area contributed by atoms with Gasteiger partial charge in [0, 0.05) is 12.5 Å². The van der Waals surface area contributed by atoms with Crippen molar-refractivity contribution in [1.29, 1.82) is 0 Å². The summed E-state index contributed by atoms with van der Waals surface area (Å²) in [5.74, 6) is 0. The molecule has 0 amide bonds. The van der Waals surface area contributed by atoms with Crippen molar-refractivity contribution in [2.24, 2.45) is 0 Å².